The van der Waals surface area contributed by atoms with Crippen molar-refractivity contribution in [2.75, 3.05) is 33.7 Å². The Bertz CT molecular complexity index is 298. The van der Waals surface area contributed by atoms with Gasteiger partial charge in [-0.1, -0.05) is 0 Å². The molecule has 4 heteroatoms. The number of carbonyl (C=O) groups excluding carboxylic acids is 1. The number of nitrogens with zero attached hydrogens (tertiary/aromatic N) is 3. The van der Waals surface area contributed by atoms with Crippen LogP contribution in [0.25, 0.3) is 0 Å². The zero-order valence-electron chi connectivity index (χ0n) is 11.2. The van der Waals surface area contributed by atoms with E-state index in [0.29, 0.717) is 6.42 Å². The Balaban J connectivity index is 2.19. The molecule has 0 aliphatic carbocycles. The lowest BCUT2D eigenvalue weighted by molar-refractivity contribution is -0.128. The molecule has 4 nitrogen and oxygen atoms in total. The van der Waals surface area contributed by atoms with Gasteiger partial charge in [-0.3, -0.25) is 4.79 Å². The Morgan fingerprint density at radius 1 is 1.41 bits per heavy atom. The molecule has 0 aromatic heterocycles. The monoisotopic (exact) mass is 237 g/mol. The molecule has 0 unspecified atom stereocenters. The molecule has 96 valence electrons. The summed E-state index contributed by atoms with van der Waals surface area (Å²) in [4.78, 5) is 15.4. The lowest BCUT2D eigenvalue weighted by Crippen LogP contribution is -2.38. The van der Waals surface area contributed by atoms with Gasteiger partial charge in [-0.15, -0.1) is 0 Å². The van der Waals surface area contributed by atoms with Gasteiger partial charge in [0.15, 0.2) is 0 Å². The molecule has 0 bridgehead atoms. The molecule has 0 atom stereocenters. The van der Waals surface area contributed by atoms with Crippen LogP contribution in [0.15, 0.2) is 0 Å². The third-order valence-corrected chi connectivity index (χ3v) is 3.59. The minimum Gasteiger partial charge on any atom is -0.349 e. The molecule has 1 aliphatic rings. The zero-order valence-corrected chi connectivity index (χ0v) is 11.2. The van der Waals surface area contributed by atoms with Crippen molar-refractivity contribution in [2.45, 2.75) is 32.6 Å². The van der Waals surface area contributed by atoms with Gasteiger partial charge in [-0.2, -0.15) is 5.26 Å². The van der Waals surface area contributed by atoms with E-state index in [1.165, 1.54) is 0 Å². The van der Waals surface area contributed by atoms with Crippen LogP contribution in [-0.2, 0) is 4.79 Å². The van der Waals surface area contributed by atoms with E-state index in [-0.39, 0.29) is 11.3 Å². The van der Waals surface area contributed by atoms with Crippen LogP contribution in [0.2, 0.25) is 0 Å². The van der Waals surface area contributed by atoms with Crippen LogP contribution < -0.4 is 0 Å². The molecule has 0 aromatic carbocycles. The molecule has 0 saturated carbocycles. The van der Waals surface area contributed by atoms with Gasteiger partial charge in [0.25, 0.3) is 0 Å². The second kappa shape index (κ2) is 6.02. The maximum atomic E-state index is 11.4. The number of hydrogen-bond acceptors (Lipinski definition) is 3. The third kappa shape index (κ3) is 4.35. The van der Waals surface area contributed by atoms with Crippen LogP contribution in [0, 0.1) is 16.7 Å². The van der Waals surface area contributed by atoms with Crippen LogP contribution in [0.3, 0.4) is 0 Å². The van der Waals surface area contributed by atoms with Crippen molar-refractivity contribution in [2.24, 2.45) is 5.41 Å². The molecule has 1 heterocycles. The first-order valence-corrected chi connectivity index (χ1v) is 6.31. The molecule has 1 rings (SSSR count). The van der Waals surface area contributed by atoms with Crippen molar-refractivity contribution in [3.05, 3.63) is 0 Å². The summed E-state index contributed by atoms with van der Waals surface area (Å²) in [6.45, 7) is 4.99. The Morgan fingerprint density at radius 3 is 2.47 bits per heavy atom. The molecule has 0 aromatic rings. The fraction of sp³-hybridized carbons (Fsp3) is 0.846. The van der Waals surface area contributed by atoms with Gasteiger partial charge < -0.3 is 9.80 Å². The lowest BCUT2D eigenvalue weighted by atomic mass is 9.82. The SMILES string of the molecule is CN(C)C(=O)CCCN1CCC(C)(C#N)CC1. The highest BCUT2D eigenvalue weighted by atomic mass is 16.2. The smallest absolute Gasteiger partial charge is 0.222 e. The van der Waals surface area contributed by atoms with Crippen molar-refractivity contribution >= 4 is 5.91 Å². The van der Waals surface area contributed by atoms with Crippen LogP contribution in [-0.4, -0.2) is 49.4 Å². The minimum absolute atomic E-state index is 0.129. The molecule has 1 fully saturated rings. The first-order valence-electron chi connectivity index (χ1n) is 6.31. The maximum Gasteiger partial charge on any atom is 0.222 e. The van der Waals surface area contributed by atoms with E-state index < -0.39 is 0 Å². The summed E-state index contributed by atoms with van der Waals surface area (Å²) >= 11 is 0. The highest BCUT2D eigenvalue weighted by Crippen LogP contribution is 2.29. The minimum atomic E-state index is -0.129. The normalized spacial score (nSPS) is 19.6. The van der Waals surface area contributed by atoms with E-state index in [1.807, 2.05) is 6.92 Å². The average Bonchev–Trinajstić information content (AvgIpc) is 2.31. The Kier molecular flexibility index (Phi) is 4.95. The second-order valence-electron chi connectivity index (χ2n) is 5.41. The number of hydrogen-bond donors (Lipinski definition) is 0. The summed E-state index contributed by atoms with van der Waals surface area (Å²) in [6.07, 6.45) is 3.44. The Labute approximate surface area is 104 Å². The summed E-state index contributed by atoms with van der Waals surface area (Å²) in [6, 6.07) is 2.40. The van der Waals surface area contributed by atoms with Gasteiger partial charge in [0, 0.05) is 20.5 Å². The van der Waals surface area contributed by atoms with Crippen LogP contribution in [0.1, 0.15) is 32.6 Å². The van der Waals surface area contributed by atoms with Gasteiger partial charge in [-0.05, 0) is 45.8 Å². The first-order chi connectivity index (χ1) is 7.97. The van der Waals surface area contributed by atoms with Gasteiger partial charge in [0.05, 0.1) is 11.5 Å². The van der Waals surface area contributed by atoms with Crippen molar-refractivity contribution in [1.29, 1.82) is 5.26 Å². The van der Waals surface area contributed by atoms with Crippen molar-refractivity contribution in [3.63, 3.8) is 0 Å². The lowest BCUT2D eigenvalue weighted by Gasteiger charge is -2.34. The third-order valence-electron chi connectivity index (χ3n) is 3.59. The largest absolute Gasteiger partial charge is 0.349 e. The number of rotatable bonds is 4. The molecule has 0 radical (unpaired) electrons. The highest BCUT2D eigenvalue weighted by molar-refractivity contribution is 5.75. The predicted molar refractivity (Wildman–Crippen MR) is 67.3 cm³/mol. The molecule has 1 amide bonds. The standard InChI is InChI=1S/C13H23N3O/c1-13(11-14)6-9-16(10-7-13)8-4-5-12(17)15(2)3/h4-10H2,1-3H3. The van der Waals surface area contributed by atoms with Gasteiger partial charge in [-0.25, -0.2) is 0 Å². The van der Waals surface area contributed by atoms with E-state index in [4.69, 9.17) is 5.26 Å². The number of nitriles is 1. The molecule has 17 heavy (non-hydrogen) atoms. The summed E-state index contributed by atoms with van der Waals surface area (Å²) in [5.74, 6) is 0.198. The molecule has 0 N–H and O–H groups in total. The molecule has 1 saturated heterocycles. The molecular formula is C13H23N3O. The summed E-state index contributed by atoms with van der Waals surface area (Å²) in [5.41, 5.74) is -0.129. The maximum absolute atomic E-state index is 11.4. The predicted octanol–water partition coefficient (Wildman–Crippen LogP) is 1.48. The Morgan fingerprint density at radius 2 is 2.00 bits per heavy atom. The highest BCUT2D eigenvalue weighted by Gasteiger charge is 2.29. The number of carbonyl (C=O) groups is 1. The topological polar surface area (TPSA) is 47.3 Å². The quantitative estimate of drug-likeness (QED) is 0.744. The van der Waals surface area contributed by atoms with E-state index >= 15 is 0 Å². The van der Waals surface area contributed by atoms with Crippen LogP contribution >= 0.6 is 0 Å². The summed E-state index contributed by atoms with van der Waals surface area (Å²) < 4.78 is 0. The fourth-order valence-corrected chi connectivity index (χ4v) is 2.06. The number of likely N-dealkylation sites (tertiary alicyclic amines) is 1. The van der Waals surface area contributed by atoms with Gasteiger partial charge >= 0.3 is 0 Å². The van der Waals surface area contributed by atoms with Gasteiger partial charge in [0.1, 0.15) is 0 Å². The van der Waals surface area contributed by atoms with Crippen LogP contribution in [0.5, 0.6) is 0 Å². The Hall–Kier alpha value is -1.08. The van der Waals surface area contributed by atoms with Gasteiger partial charge in [0.2, 0.25) is 5.91 Å². The number of amides is 1. The van der Waals surface area contributed by atoms with E-state index in [9.17, 15) is 4.79 Å². The summed E-state index contributed by atoms with van der Waals surface area (Å²) in [5, 5.41) is 9.03. The van der Waals surface area contributed by atoms with Crippen molar-refractivity contribution in [3.8, 4) is 6.07 Å². The number of piperidine rings is 1. The van der Waals surface area contributed by atoms with E-state index in [0.717, 1.165) is 38.9 Å². The van der Waals surface area contributed by atoms with E-state index in [2.05, 4.69) is 11.0 Å². The van der Waals surface area contributed by atoms with Crippen molar-refractivity contribution < 1.29 is 4.79 Å². The second-order valence-corrected chi connectivity index (χ2v) is 5.41. The molecule has 1 aliphatic heterocycles. The molecule has 0 spiro atoms. The first kappa shape index (κ1) is 14.0. The van der Waals surface area contributed by atoms with Crippen molar-refractivity contribution in [1.82, 2.24) is 9.80 Å². The zero-order chi connectivity index (χ0) is 12.9. The summed E-state index contributed by atoms with van der Waals surface area (Å²) in [7, 11) is 3.59. The average molecular weight is 237 g/mol. The molecular weight excluding hydrogens is 214 g/mol. The van der Waals surface area contributed by atoms with Crippen LogP contribution in [0.4, 0.5) is 0 Å². The van der Waals surface area contributed by atoms with E-state index in [1.54, 1.807) is 19.0 Å². The fourth-order valence-electron chi connectivity index (χ4n) is 2.06.